The van der Waals surface area contributed by atoms with Gasteiger partial charge in [0.1, 0.15) is 5.75 Å². The number of aliphatic carboxylic acids is 1. The number of unbranched alkanes of at least 4 members (excludes halogenated alkanes) is 1. The quantitative estimate of drug-likeness (QED) is 0.357. The number of primary amides is 1. The molecule has 0 radical (unpaired) electrons. The number of halogens is 2. The molecule has 10 heteroatoms. The van der Waals surface area contributed by atoms with Gasteiger partial charge in [-0.25, -0.2) is 18.4 Å². The lowest BCUT2D eigenvalue weighted by molar-refractivity contribution is -0.175. The molecule has 4 N–H and O–H groups in total. The largest absolute Gasteiger partial charge is 0.494 e. The Bertz CT molecular complexity index is 1120. The third-order valence-electron chi connectivity index (χ3n) is 6.57. The first-order valence-electron chi connectivity index (χ1n) is 12.3. The molecule has 3 rings (SSSR count). The van der Waals surface area contributed by atoms with Gasteiger partial charge in [-0.3, -0.25) is 4.79 Å². The zero-order chi connectivity index (χ0) is 27.2. The molecule has 2 aromatic rings. The molecular formula is C27H33F2N3O5. The lowest BCUT2D eigenvalue weighted by Gasteiger charge is -2.45. The maximum atomic E-state index is 13.6. The molecule has 1 aliphatic carbocycles. The van der Waals surface area contributed by atoms with Gasteiger partial charge in [0.15, 0.2) is 5.54 Å². The van der Waals surface area contributed by atoms with Crippen molar-refractivity contribution < 1.29 is 33.0 Å². The van der Waals surface area contributed by atoms with Gasteiger partial charge in [-0.05, 0) is 62.4 Å². The Morgan fingerprint density at radius 2 is 1.81 bits per heavy atom. The highest BCUT2D eigenvalue weighted by atomic mass is 19.3. The van der Waals surface area contributed by atoms with Crippen LogP contribution in [0.3, 0.4) is 0 Å². The molecule has 200 valence electrons. The van der Waals surface area contributed by atoms with Crippen molar-refractivity contribution in [1.29, 1.82) is 0 Å². The summed E-state index contributed by atoms with van der Waals surface area (Å²) in [5.41, 5.74) is 5.33. The van der Waals surface area contributed by atoms with Gasteiger partial charge in [0.05, 0.1) is 12.6 Å². The second-order valence-corrected chi connectivity index (χ2v) is 9.43. The van der Waals surface area contributed by atoms with Gasteiger partial charge < -0.3 is 25.8 Å². The van der Waals surface area contributed by atoms with Crippen LogP contribution in [0.1, 0.15) is 67.1 Å². The topological polar surface area (TPSA) is 122 Å². The molecule has 0 saturated heterocycles. The molecule has 3 amide bonds. The average molecular weight is 518 g/mol. The number of ether oxygens (including phenoxy) is 1. The Morgan fingerprint density at radius 3 is 2.38 bits per heavy atom. The maximum Gasteiger partial charge on any atom is 0.329 e. The lowest BCUT2D eigenvalue weighted by atomic mass is 9.73. The van der Waals surface area contributed by atoms with Crippen molar-refractivity contribution in [2.75, 3.05) is 13.2 Å². The molecule has 0 heterocycles. The molecule has 37 heavy (non-hydrogen) atoms. The summed E-state index contributed by atoms with van der Waals surface area (Å²) in [6.07, 6.45) is 0.165. The summed E-state index contributed by atoms with van der Waals surface area (Å²) in [4.78, 5) is 38.5. The van der Waals surface area contributed by atoms with Gasteiger partial charge in [-0.1, -0.05) is 30.3 Å². The minimum atomic E-state index is -3.15. The first-order chi connectivity index (χ1) is 17.5. The molecule has 1 atom stereocenters. The van der Waals surface area contributed by atoms with Crippen LogP contribution in [0.15, 0.2) is 48.5 Å². The Balaban J connectivity index is 1.83. The van der Waals surface area contributed by atoms with E-state index in [0.717, 1.165) is 18.4 Å². The molecule has 8 nitrogen and oxygen atoms in total. The van der Waals surface area contributed by atoms with Crippen molar-refractivity contribution >= 4 is 17.9 Å². The molecular weight excluding hydrogens is 484 g/mol. The van der Waals surface area contributed by atoms with Gasteiger partial charge >= 0.3 is 12.0 Å². The number of hydrogen-bond donors (Lipinski definition) is 3. The number of amides is 3. The number of aryl methyl sites for hydroxylation is 1. The Kier molecular flexibility index (Phi) is 8.73. The van der Waals surface area contributed by atoms with Gasteiger partial charge in [0, 0.05) is 24.9 Å². The van der Waals surface area contributed by atoms with E-state index in [9.17, 15) is 28.3 Å². The van der Waals surface area contributed by atoms with E-state index in [-0.39, 0.29) is 12.1 Å². The molecule has 0 aromatic heterocycles. The number of carboxylic acid groups (broad SMARTS) is 1. The molecule has 1 unspecified atom stereocenters. The highest BCUT2D eigenvalue weighted by Crippen LogP contribution is 2.46. The zero-order valence-electron chi connectivity index (χ0n) is 21.0. The summed E-state index contributed by atoms with van der Waals surface area (Å²) in [7, 11) is 0. The summed E-state index contributed by atoms with van der Waals surface area (Å²) in [5.74, 6) is -4.93. The predicted molar refractivity (Wildman–Crippen MR) is 134 cm³/mol. The van der Waals surface area contributed by atoms with E-state index < -0.39 is 48.3 Å². The van der Waals surface area contributed by atoms with Crippen molar-refractivity contribution in [3.8, 4) is 5.75 Å². The van der Waals surface area contributed by atoms with Crippen LogP contribution >= 0.6 is 0 Å². The summed E-state index contributed by atoms with van der Waals surface area (Å²) in [6, 6.07) is 13.1. The van der Waals surface area contributed by atoms with E-state index in [1.807, 2.05) is 30.3 Å². The van der Waals surface area contributed by atoms with Crippen molar-refractivity contribution in [2.24, 2.45) is 5.73 Å². The van der Waals surface area contributed by atoms with E-state index in [1.54, 1.807) is 26.0 Å². The first-order valence-corrected chi connectivity index (χ1v) is 12.3. The number of carbonyl (C=O) groups excluding carboxylic acids is 2. The summed E-state index contributed by atoms with van der Waals surface area (Å²) >= 11 is 0. The highest BCUT2D eigenvalue weighted by Gasteiger charge is 2.62. The minimum Gasteiger partial charge on any atom is -0.494 e. The molecule has 1 fully saturated rings. The first kappa shape index (κ1) is 27.9. The Hall–Kier alpha value is -3.69. The van der Waals surface area contributed by atoms with Gasteiger partial charge in [-0.2, -0.15) is 0 Å². The van der Waals surface area contributed by atoms with E-state index in [0.29, 0.717) is 24.3 Å². The van der Waals surface area contributed by atoms with Crippen molar-refractivity contribution in [3.05, 3.63) is 65.2 Å². The van der Waals surface area contributed by atoms with E-state index in [4.69, 9.17) is 10.5 Å². The van der Waals surface area contributed by atoms with Crippen LogP contribution in [0.2, 0.25) is 0 Å². The number of alkyl halides is 2. The Morgan fingerprint density at radius 1 is 1.14 bits per heavy atom. The van der Waals surface area contributed by atoms with Crippen molar-refractivity contribution in [3.63, 3.8) is 0 Å². The predicted octanol–water partition coefficient (Wildman–Crippen LogP) is 4.53. The highest BCUT2D eigenvalue weighted by molar-refractivity contribution is 5.93. The zero-order valence-corrected chi connectivity index (χ0v) is 21.0. The van der Waals surface area contributed by atoms with Crippen LogP contribution < -0.4 is 15.8 Å². The number of carbonyl (C=O) groups is 3. The summed E-state index contributed by atoms with van der Waals surface area (Å²) in [6.45, 7) is 4.08. The number of nitrogens with two attached hydrogens (primary N) is 1. The van der Waals surface area contributed by atoms with Crippen molar-refractivity contribution in [2.45, 2.75) is 63.5 Å². The minimum absolute atomic E-state index is 0.192. The van der Waals surface area contributed by atoms with E-state index in [2.05, 4.69) is 5.32 Å². The number of nitrogens with zero attached hydrogens (tertiary/aromatic N) is 1. The van der Waals surface area contributed by atoms with Gasteiger partial charge in [0.25, 0.3) is 5.92 Å². The second kappa shape index (κ2) is 11.6. The third kappa shape index (κ3) is 6.96. The summed E-state index contributed by atoms with van der Waals surface area (Å²) in [5, 5.41) is 12.0. The Labute approximate surface area is 214 Å². The third-order valence-corrected chi connectivity index (χ3v) is 6.57. The lowest BCUT2D eigenvalue weighted by Crippen LogP contribution is -2.68. The van der Waals surface area contributed by atoms with Gasteiger partial charge in [-0.15, -0.1) is 0 Å². The molecule has 1 aliphatic rings. The van der Waals surface area contributed by atoms with Crippen LogP contribution in [-0.2, 0) is 11.2 Å². The number of urea groups is 1. The number of nitrogens with one attached hydrogen (secondary N) is 1. The van der Waals surface area contributed by atoms with Crippen molar-refractivity contribution in [1.82, 2.24) is 10.2 Å². The molecule has 0 bridgehead atoms. The maximum absolute atomic E-state index is 13.6. The fourth-order valence-electron chi connectivity index (χ4n) is 4.56. The molecule has 0 spiro atoms. The van der Waals surface area contributed by atoms with E-state index in [1.165, 1.54) is 11.0 Å². The second-order valence-electron chi connectivity index (χ2n) is 9.43. The van der Waals surface area contributed by atoms with Crippen LogP contribution in [0, 0.1) is 0 Å². The summed E-state index contributed by atoms with van der Waals surface area (Å²) < 4.78 is 32.8. The van der Waals surface area contributed by atoms with Crippen LogP contribution in [-0.4, -0.2) is 52.5 Å². The molecule has 2 aromatic carbocycles. The van der Waals surface area contributed by atoms with Gasteiger partial charge in [0.2, 0.25) is 5.91 Å². The monoisotopic (exact) mass is 517 g/mol. The molecule has 1 saturated carbocycles. The smallest absolute Gasteiger partial charge is 0.329 e. The average Bonchev–Trinajstić information content (AvgIpc) is 2.82. The number of benzene rings is 2. The van der Waals surface area contributed by atoms with Crippen LogP contribution in [0.5, 0.6) is 5.75 Å². The molecule has 0 aliphatic heterocycles. The fraction of sp³-hybridized carbons (Fsp3) is 0.444. The van der Waals surface area contributed by atoms with E-state index >= 15 is 0 Å². The van der Waals surface area contributed by atoms with Crippen LogP contribution in [0.25, 0.3) is 0 Å². The normalized spacial score (nSPS) is 16.2. The SMILES string of the molecule is CCOc1cc(C(N)=O)cc(C(C)N(CCCCc2ccccc2)C(=O)NC2(C(=O)O)CC(F)(F)C2)c1. The number of rotatable bonds is 12. The standard InChI is InChI=1S/C27H33F2N3O5/c1-3-37-22-14-20(13-21(15-22)23(30)33)18(2)32(12-8-7-11-19-9-5-4-6-10-19)25(36)31-26(24(34)35)16-27(28,29)17-26/h4-6,9-10,13-15,18H,3,7-8,11-12,16-17H2,1-2H3,(H2,30,33)(H,31,36)(H,34,35). The number of carboxylic acids is 1. The van der Waals surface area contributed by atoms with Crippen LogP contribution in [0.4, 0.5) is 13.6 Å². The fourth-order valence-corrected chi connectivity index (χ4v) is 4.56. The number of hydrogen-bond acceptors (Lipinski definition) is 4.